The number of amides is 2. The molecule has 0 radical (unpaired) electrons. The van der Waals surface area contributed by atoms with Crippen LogP contribution in [0.4, 0.5) is 5.69 Å². The van der Waals surface area contributed by atoms with Gasteiger partial charge in [0, 0.05) is 29.6 Å². The van der Waals surface area contributed by atoms with Crippen LogP contribution in [-0.2, 0) is 32.6 Å². The Morgan fingerprint density at radius 1 is 0.776 bits per heavy atom. The van der Waals surface area contributed by atoms with Crippen molar-refractivity contribution in [3.63, 3.8) is 0 Å². The van der Waals surface area contributed by atoms with Crippen molar-refractivity contribution in [1.82, 2.24) is 10.2 Å². The molecule has 1 atom stereocenters. The van der Waals surface area contributed by atoms with Crippen molar-refractivity contribution >= 4 is 50.7 Å². The Morgan fingerprint density at radius 3 is 1.98 bits per heavy atom. The molecule has 49 heavy (non-hydrogen) atoms. The van der Waals surface area contributed by atoms with Gasteiger partial charge in [-0.1, -0.05) is 96.0 Å². The van der Waals surface area contributed by atoms with Crippen LogP contribution in [-0.4, -0.2) is 44.3 Å². The average Bonchev–Trinajstić information content (AvgIpc) is 3.11. The second-order valence-electron chi connectivity index (χ2n) is 11.1. The van der Waals surface area contributed by atoms with E-state index in [1.54, 1.807) is 79.7 Å². The first kappa shape index (κ1) is 35.5. The zero-order valence-corrected chi connectivity index (χ0v) is 29.0. The lowest BCUT2D eigenvalue weighted by atomic mass is 10.0. The highest BCUT2D eigenvalue weighted by Crippen LogP contribution is 2.29. The Kier molecular flexibility index (Phi) is 12.0. The first-order valence-electron chi connectivity index (χ1n) is 15.6. The Morgan fingerprint density at radius 2 is 1.37 bits per heavy atom. The van der Waals surface area contributed by atoms with Crippen molar-refractivity contribution in [1.29, 1.82) is 0 Å². The van der Waals surface area contributed by atoms with Crippen molar-refractivity contribution in [3.05, 3.63) is 155 Å². The summed E-state index contributed by atoms with van der Waals surface area (Å²) in [6, 6.07) is 36.7. The fourth-order valence-electron chi connectivity index (χ4n) is 5.23. The molecule has 8 nitrogen and oxygen atoms in total. The van der Waals surface area contributed by atoms with Gasteiger partial charge in [0.2, 0.25) is 11.8 Å². The third kappa shape index (κ3) is 9.20. The number of nitrogens with one attached hydrogen (secondary N) is 1. The number of para-hydroxylation sites is 1. The Labute approximate surface area is 296 Å². The molecule has 5 aromatic rings. The molecule has 2 amide bonds. The van der Waals surface area contributed by atoms with Crippen molar-refractivity contribution in [2.45, 2.75) is 30.8 Å². The van der Waals surface area contributed by atoms with Gasteiger partial charge in [0.1, 0.15) is 24.1 Å². The molecule has 5 rings (SSSR count). The highest BCUT2D eigenvalue weighted by atomic mass is 35.5. The van der Waals surface area contributed by atoms with Crippen LogP contribution in [0.1, 0.15) is 18.1 Å². The molecular formula is C38H35Cl2N3O5S. The number of anilines is 1. The summed E-state index contributed by atoms with van der Waals surface area (Å²) in [5.41, 5.74) is 1.60. The number of rotatable bonds is 14. The van der Waals surface area contributed by atoms with Gasteiger partial charge in [-0.15, -0.1) is 0 Å². The number of carbonyl (C=O) groups is 2. The molecule has 0 aromatic heterocycles. The second kappa shape index (κ2) is 16.5. The maximum absolute atomic E-state index is 14.6. The van der Waals surface area contributed by atoms with Crippen molar-refractivity contribution in [2.75, 3.05) is 17.4 Å². The number of benzene rings is 5. The van der Waals surface area contributed by atoms with Crippen LogP contribution in [0.25, 0.3) is 0 Å². The maximum Gasteiger partial charge on any atom is 0.264 e. The van der Waals surface area contributed by atoms with E-state index in [1.807, 2.05) is 48.5 Å². The topological polar surface area (TPSA) is 96.0 Å². The zero-order chi connectivity index (χ0) is 34.8. The Hall–Kier alpha value is -4.83. The number of halogens is 2. The van der Waals surface area contributed by atoms with Crippen LogP contribution in [0.15, 0.2) is 138 Å². The monoisotopic (exact) mass is 715 g/mol. The molecule has 0 saturated heterocycles. The third-order valence-corrected chi connectivity index (χ3v) is 10.1. The van der Waals surface area contributed by atoms with E-state index in [0.29, 0.717) is 33.7 Å². The lowest BCUT2D eigenvalue weighted by Crippen LogP contribution is -2.53. The van der Waals surface area contributed by atoms with Crippen LogP contribution >= 0.6 is 23.2 Å². The van der Waals surface area contributed by atoms with Gasteiger partial charge < -0.3 is 15.0 Å². The average molecular weight is 717 g/mol. The summed E-state index contributed by atoms with van der Waals surface area (Å²) in [4.78, 5) is 29.6. The molecule has 0 unspecified atom stereocenters. The van der Waals surface area contributed by atoms with E-state index < -0.39 is 28.5 Å². The lowest BCUT2D eigenvalue weighted by molar-refractivity contribution is -0.140. The minimum Gasteiger partial charge on any atom is -0.457 e. The number of hydrogen-bond acceptors (Lipinski definition) is 5. The van der Waals surface area contributed by atoms with Gasteiger partial charge in [0.05, 0.1) is 10.6 Å². The maximum atomic E-state index is 14.6. The summed E-state index contributed by atoms with van der Waals surface area (Å²) >= 11 is 12.7. The predicted molar refractivity (Wildman–Crippen MR) is 194 cm³/mol. The summed E-state index contributed by atoms with van der Waals surface area (Å²) in [5.74, 6) is 0.106. The quantitative estimate of drug-likeness (QED) is 0.127. The number of sulfonamides is 1. The molecular weight excluding hydrogens is 681 g/mol. The van der Waals surface area contributed by atoms with E-state index in [0.717, 1.165) is 9.87 Å². The molecule has 11 heteroatoms. The summed E-state index contributed by atoms with van der Waals surface area (Å²) < 4.78 is 35.4. The van der Waals surface area contributed by atoms with E-state index in [4.69, 9.17) is 27.9 Å². The van der Waals surface area contributed by atoms with E-state index in [1.165, 1.54) is 17.0 Å². The normalized spacial score (nSPS) is 11.7. The first-order valence-corrected chi connectivity index (χ1v) is 17.8. The van der Waals surface area contributed by atoms with Gasteiger partial charge >= 0.3 is 0 Å². The molecule has 0 aliphatic rings. The molecule has 1 N–H and O–H groups in total. The minimum atomic E-state index is -4.26. The SMILES string of the molecule is CCNC(=O)[C@@H](Cc1ccccc1)N(Cc1ccc(Cl)cc1Cl)C(=O)CN(c1ccc(Oc2ccccc2)cc1)S(=O)(=O)c1ccccc1. The summed E-state index contributed by atoms with van der Waals surface area (Å²) in [6.45, 7) is 1.44. The molecule has 5 aromatic carbocycles. The fraction of sp³-hybridized carbons (Fsp3) is 0.158. The van der Waals surface area contributed by atoms with Crippen molar-refractivity contribution in [2.24, 2.45) is 0 Å². The van der Waals surface area contributed by atoms with Gasteiger partial charge in [-0.05, 0) is 78.7 Å². The van der Waals surface area contributed by atoms with E-state index in [-0.39, 0.29) is 29.5 Å². The van der Waals surface area contributed by atoms with Gasteiger partial charge in [-0.25, -0.2) is 8.42 Å². The highest BCUT2D eigenvalue weighted by molar-refractivity contribution is 7.92. The number of carbonyl (C=O) groups excluding carboxylic acids is 2. The highest BCUT2D eigenvalue weighted by Gasteiger charge is 2.34. The summed E-state index contributed by atoms with van der Waals surface area (Å²) in [7, 11) is -4.26. The third-order valence-electron chi connectivity index (χ3n) is 7.69. The molecule has 0 heterocycles. The van der Waals surface area contributed by atoms with E-state index in [2.05, 4.69) is 5.32 Å². The first-order chi connectivity index (χ1) is 23.7. The van der Waals surface area contributed by atoms with E-state index >= 15 is 0 Å². The molecule has 252 valence electrons. The van der Waals surface area contributed by atoms with Gasteiger partial charge in [0.25, 0.3) is 10.0 Å². The molecule has 0 aliphatic carbocycles. The lowest BCUT2D eigenvalue weighted by Gasteiger charge is -2.34. The Balaban J connectivity index is 1.55. The molecule has 0 spiro atoms. The number of ether oxygens (including phenoxy) is 1. The van der Waals surface area contributed by atoms with Gasteiger partial charge in [-0.3, -0.25) is 13.9 Å². The van der Waals surface area contributed by atoms with E-state index in [9.17, 15) is 18.0 Å². The van der Waals surface area contributed by atoms with Crippen LogP contribution in [0, 0.1) is 0 Å². The van der Waals surface area contributed by atoms with Crippen LogP contribution in [0.2, 0.25) is 10.0 Å². The molecule has 0 fully saturated rings. The van der Waals surface area contributed by atoms with Crippen molar-refractivity contribution in [3.8, 4) is 11.5 Å². The minimum absolute atomic E-state index is 0.00395. The Bertz CT molecular complexity index is 1960. The largest absolute Gasteiger partial charge is 0.457 e. The molecule has 0 bridgehead atoms. The smallest absolute Gasteiger partial charge is 0.264 e. The molecule has 0 aliphatic heterocycles. The fourth-order valence-corrected chi connectivity index (χ4v) is 7.14. The second-order valence-corrected chi connectivity index (χ2v) is 13.8. The zero-order valence-electron chi connectivity index (χ0n) is 26.7. The standard InChI is InChI=1S/C38H35Cl2N3O5S/c1-2-41-38(45)36(24-28-12-6-3-7-13-28)42(26-29-18-19-30(39)25-35(29)40)37(44)27-43(49(46,47)34-16-10-5-11-17-34)31-20-22-33(23-21-31)48-32-14-8-4-9-15-32/h3-23,25,36H,2,24,26-27H2,1H3,(H,41,45)/t36-/m1/s1. The van der Waals surface area contributed by atoms with Crippen molar-refractivity contribution < 1.29 is 22.7 Å². The van der Waals surface area contributed by atoms with Crippen LogP contribution in [0.3, 0.4) is 0 Å². The predicted octanol–water partition coefficient (Wildman–Crippen LogP) is 7.76. The molecule has 0 saturated carbocycles. The van der Waals surface area contributed by atoms with Gasteiger partial charge in [-0.2, -0.15) is 0 Å². The number of nitrogens with zero attached hydrogens (tertiary/aromatic N) is 2. The van der Waals surface area contributed by atoms with Crippen LogP contribution < -0.4 is 14.4 Å². The number of hydrogen-bond donors (Lipinski definition) is 1. The number of likely N-dealkylation sites (N-methyl/N-ethyl adjacent to an activating group) is 1. The van der Waals surface area contributed by atoms with Gasteiger partial charge in [0.15, 0.2) is 0 Å². The van der Waals surface area contributed by atoms with Crippen LogP contribution in [0.5, 0.6) is 11.5 Å². The summed E-state index contributed by atoms with van der Waals surface area (Å²) in [5, 5.41) is 3.57. The summed E-state index contributed by atoms with van der Waals surface area (Å²) in [6.07, 6.45) is 0.181.